The highest BCUT2D eigenvalue weighted by Crippen LogP contribution is 2.30. The number of rotatable bonds is 6. The van der Waals surface area contributed by atoms with Crippen LogP contribution in [0, 0.1) is 13.8 Å². The van der Waals surface area contributed by atoms with E-state index in [1.54, 1.807) is 7.11 Å². The van der Waals surface area contributed by atoms with Crippen molar-refractivity contribution in [3.05, 3.63) is 51.3 Å². The summed E-state index contributed by atoms with van der Waals surface area (Å²) in [5, 5.41) is 7.86. The first-order valence-electron chi connectivity index (χ1n) is 7.03. The molecule has 0 fully saturated rings. The molecule has 0 aliphatic rings. The van der Waals surface area contributed by atoms with Crippen LogP contribution in [0.4, 0.5) is 0 Å². The number of aryl methyl sites for hydroxylation is 2. The van der Waals surface area contributed by atoms with Crippen molar-refractivity contribution in [2.24, 2.45) is 0 Å². The lowest BCUT2D eigenvalue weighted by atomic mass is 9.97. The molecule has 114 valence electrons. The van der Waals surface area contributed by atoms with Crippen LogP contribution in [0.25, 0.3) is 0 Å². The van der Waals surface area contributed by atoms with Crippen LogP contribution in [-0.4, -0.2) is 30.5 Å². The molecule has 2 rings (SSSR count). The van der Waals surface area contributed by atoms with Gasteiger partial charge in [0.05, 0.1) is 35.6 Å². The summed E-state index contributed by atoms with van der Waals surface area (Å²) in [5.74, 6) is 0. The van der Waals surface area contributed by atoms with Crippen LogP contribution in [0.15, 0.2) is 28.9 Å². The molecule has 2 aromatic rings. The van der Waals surface area contributed by atoms with E-state index in [1.165, 1.54) is 16.7 Å². The Morgan fingerprint density at radius 3 is 2.81 bits per heavy atom. The van der Waals surface area contributed by atoms with E-state index >= 15 is 0 Å². The maximum absolute atomic E-state index is 5.18. The van der Waals surface area contributed by atoms with Crippen molar-refractivity contribution in [2.45, 2.75) is 26.4 Å². The monoisotopic (exact) mass is 351 g/mol. The number of nitrogens with zero attached hydrogens (tertiary/aromatic N) is 2. The Balaban J connectivity index is 2.46. The average molecular weight is 352 g/mol. The fraction of sp³-hybridized carbons (Fsp3) is 0.438. The largest absolute Gasteiger partial charge is 0.383 e. The van der Waals surface area contributed by atoms with E-state index in [9.17, 15) is 0 Å². The first-order chi connectivity index (χ1) is 10.1. The Bertz CT molecular complexity index is 610. The SMILES string of the molecule is CNC(c1cc(C)ccc1C)c1c(Br)cnn1CCOC. The predicted octanol–water partition coefficient (Wildman–Crippen LogP) is 3.22. The number of benzene rings is 1. The molecule has 0 aliphatic heterocycles. The number of hydrogen-bond acceptors (Lipinski definition) is 3. The van der Waals surface area contributed by atoms with Crippen molar-refractivity contribution in [3.63, 3.8) is 0 Å². The minimum Gasteiger partial charge on any atom is -0.383 e. The minimum absolute atomic E-state index is 0.0960. The predicted molar refractivity (Wildman–Crippen MR) is 88.6 cm³/mol. The Morgan fingerprint density at radius 2 is 2.14 bits per heavy atom. The van der Waals surface area contributed by atoms with Gasteiger partial charge >= 0.3 is 0 Å². The molecule has 0 bridgehead atoms. The zero-order chi connectivity index (χ0) is 15.4. The van der Waals surface area contributed by atoms with Gasteiger partial charge in [-0.15, -0.1) is 0 Å². The van der Waals surface area contributed by atoms with Gasteiger partial charge in [-0.3, -0.25) is 4.68 Å². The third-order valence-corrected chi connectivity index (χ3v) is 4.26. The second kappa shape index (κ2) is 7.20. The summed E-state index contributed by atoms with van der Waals surface area (Å²) < 4.78 is 8.18. The summed E-state index contributed by atoms with van der Waals surface area (Å²) in [6, 6.07) is 6.64. The van der Waals surface area contributed by atoms with Crippen molar-refractivity contribution in [2.75, 3.05) is 20.8 Å². The van der Waals surface area contributed by atoms with E-state index in [0.717, 1.165) is 16.7 Å². The molecule has 1 aromatic carbocycles. The Morgan fingerprint density at radius 1 is 1.38 bits per heavy atom. The molecular weight excluding hydrogens is 330 g/mol. The van der Waals surface area contributed by atoms with Gasteiger partial charge in [-0.1, -0.05) is 23.8 Å². The number of methoxy groups -OCH3 is 1. The maximum Gasteiger partial charge on any atom is 0.0760 e. The van der Waals surface area contributed by atoms with Crippen molar-refractivity contribution >= 4 is 15.9 Å². The average Bonchev–Trinajstić information content (AvgIpc) is 2.83. The zero-order valence-electron chi connectivity index (χ0n) is 13.0. The van der Waals surface area contributed by atoms with Gasteiger partial charge in [-0.2, -0.15) is 5.10 Å². The lowest BCUT2D eigenvalue weighted by Crippen LogP contribution is -2.23. The van der Waals surface area contributed by atoms with E-state index in [2.05, 4.69) is 58.4 Å². The molecule has 1 aromatic heterocycles. The van der Waals surface area contributed by atoms with Crippen LogP contribution in [0.1, 0.15) is 28.4 Å². The Labute approximate surface area is 134 Å². The van der Waals surface area contributed by atoms with Gasteiger partial charge in [-0.05, 0) is 48.0 Å². The fourth-order valence-corrected chi connectivity index (χ4v) is 3.05. The smallest absolute Gasteiger partial charge is 0.0760 e. The molecular formula is C16H22BrN3O. The summed E-state index contributed by atoms with van der Waals surface area (Å²) in [6.45, 7) is 5.64. The molecule has 0 saturated heterocycles. The van der Waals surface area contributed by atoms with Gasteiger partial charge in [0.25, 0.3) is 0 Å². The summed E-state index contributed by atoms with van der Waals surface area (Å²) in [7, 11) is 3.69. The lowest BCUT2D eigenvalue weighted by molar-refractivity contribution is 0.182. The highest BCUT2D eigenvalue weighted by molar-refractivity contribution is 9.10. The highest BCUT2D eigenvalue weighted by atomic mass is 79.9. The number of halogens is 1. The number of nitrogens with one attached hydrogen (secondary N) is 1. The van der Waals surface area contributed by atoms with Gasteiger partial charge in [0.15, 0.2) is 0 Å². The third-order valence-electron chi connectivity index (χ3n) is 3.65. The van der Waals surface area contributed by atoms with Crippen molar-refractivity contribution in [1.82, 2.24) is 15.1 Å². The number of aromatic nitrogens is 2. The second-order valence-corrected chi connectivity index (χ2v) is 6.03. The van der Waals surface area contributed by atoms with Gasteiger partial charge in [-0.25, -0.2) is 0 Å². The first kappa shape index (κ1) is 16.2. The number of ether oxygens (including phenoxy) is 1. The molecule has 1 heterocycles. The maximum atomic E-state index is 5.18. The van der Waals surface area contributed by atoms with E-state index in [0.29, 0.717) is 6.61 Å². The highest BCUT2D eigenvalue weighted by Gasteiger charge is 2.22. The van der Waals surface area contributed by atoms with E-state index in [-0.39, 0.29) is 6.04 Å². The van der Waals surface area contributed by atoms with Crippen LogP contribution in [0.2, 0.25) is 0 Å². The van der Waals surface area contributed by atoms with Crippen LogP contribution in [-0.2, 0) is 11.3 Å². The lowest BCUT2D eigenvalue weighted by Gasteiger charge is -2.21. The van der Waals surface area contributed by atoms with Crippen molar-refractivity contribution in [3.8, 4) is 0 Å². The van der Waals surface area contributed by atoms with Crippen LogP contribution in [0.3, 0.4) is 0 Å². The Hall–Kier alpha value is -1.17. The molecule has 0 spiro atoms. The molecule has 0 saturated carbocycles. The second-order valence-electron chi connectivity index (χ2n) is 5.18. The molecule has 0 amide bonds. The molecule has 4 nitrogen and oxygen atoms in total. The molecule has 21 heavy (non-hydrogen) atoms. The standard InChI is InChI=1S/C16H22BrN3O/c1-11-5-6-12(2)13(9-11)15(18-3)16-14(17)10-19-20(16)7-8-21-4/h5-6,9-10,15,18H,7-8H2,1-4H3. The molecule has 1 N–H and O–H groups in total. The summed E-state index contributed by atoms with van der Waals surface area (Å²) >= 11 is 3.63. The molecule has 0 radical (unpaired) electrons. The van der Waals surface area contributed by atoms with Gasteiger partial charge in [0.2, 0.25) is 0 Å². The number of hydrogen-bond donors (Lipinski definition) is 1. The zero-order valence-corrected chi connectivity index (χ0v) is 14.6. The molecule has 5 heteroatoms. The summed E-state index contributed by atoms with van der Waals surface area (Å²) in [4.78, 5) is 0. The first-order valence-corrected chi connectivity index (χ1v) is 7.82. The Kier molecular flexibility index (Phi) is 5.56. The molecule has 1 unspecified atom stereocenters. The van der Waals surface area contributed by atoms with Gasteiger partial charge in [0.1, 0.15) is 0 Å². The van der Waals surface area contributed by atoms with Crippen molar-refractivity contribution < 1.29 is 4.74 Å². The van der Waals surface area contributed by atoms with Gasteiger partial charge in [0, 0.05) is 7.11 Å². The minimum atomic E-state index is 0.0960. The van der Waals surface area contributed by atoms with Crippen LogP contribution < -0.4 is 5.32 Å². The molecule has 1 atom stereocenters. The van der Waals surface area contributed by atoms with E-state index < -0.39 is 0 Å². The fourth-order valence-electron chi connectivity index (χ4n) is 2.53. The van der Waals surface area contributed by atoms with Crippen molar-refractivity contribution in [1.29, 1.82) is 0 Å². The summed E-state index contributed by atoms with van der Waals surface area (Å²) in [6.07, 6.45) is 1.85. The van der Waals surface area contributed by atoms with Crippen LogP contribution >= 0.6 is 15.9 Å². The van der Waals surface area contributed by atoms with E-state index in [1.807, 2.05) is 17.9 Å². The van der Waals surface area contributed by atoms with Gasteiger partial charge < -0.3 is 10.1 Å². The van der Waals surface area contributed by atoms with Crippen LogP contribution in [0.5, 0.6) is 0 Å². The normalized spacial score (nSPS) is 12.6. The quantitative estimate of drug-likeness (QED) is 0.868. The molecule has 0 aliphatic carbocycles. The topological polar surface area (TPSA) is 39.1 Å². The third kappa shape index (κ3) is 3.54. The summed E-state index contributed by atoms with van der Waals surface area (Å²) in [5.41, 5.74) is 4.93. The van der Waals surface area contributed by atoms with E-state index in [4.69, 9.17) is 4.74 Å².